The number of hydrogen-bond donors (Lipinski definition) is 0. The Bertz CT molecular complexity index is 473. The van der Waals surface area contributed by atoms with E-state index >= 15 is 0 Å². The van der Waals surface area contributed by atoms with Crippen molar-refractivity contribution in [3.8, 4) is 0 Å². The predicted octanol–water partition coefficient (Wildman–Crippen LogP) is 2.30. The number of aromatic nitrogens is 1. The maximum Gasteiger partial charge on any atom is 0.183 e. The van der Waals surface area contributed by atoms with Crippen molar-refractivity contribution >= 4 is 5.78 Å². The Hall–Kier alpha value is -1.26. The van der Waals surface area contributed by atoms with Gasteiger partial charge in [0.05, 0.1) is 12.1 Å². The van der Waals surface area contributed by atoms with Crippen molar-refractivity contribution in [1.82, 2.24) is 9.88 Å². The van der Waals surface area contributed by atoms with Gasteiger partial charge in [-0.15, -0.1) is 0 Å². The van der Waals surface area contributed by atoms with Crippen LogP contribution in [0, 0.1) is 0 Å². The first kappa shape index (κ1) is 13.7. The molecule has 0 N–H and O–H groups in total. The van der Waals surface area contributed by atoms with E-state index in [1.54, 1.807) is 19.5 Å². The van der Waals surface area contributed by atoms with Crippen LogP contribution in [0.1, 0.15) is 42.5 Å². The predicted molar refractivity (Wildman–Crippen MR) is 76.8 cm³/mol. The van der Waals surface area contributed by atoms with E-state index in [-0.39, 0.29) is 11.3 Å². The molecule has 1 aromatic heterocycles. The highest BCUT2D eigenvalue weighted by Gasteiger charge is 2.52. The molecule has 2 fully saturated rings. The fourth-order valence-corrected chi connectivity index (χ4v) is 3.97. The van der Waals surface area contributed by atoms with Crippen molar-refractivity contribution in [3.63, 3.8) is 0 Å². The number of piperidine rings is 1. The Labute approximate surface area is 120 Å². The molecule has 2 aliphatic heterocycles. The minimum Gasteiger partial charge on any atom is -0.383 e. The van der Waals surface area contributed by atoms with Gasteiger partial charge in [-0.25, -0.2) is 0 Å². The lowest BCUT2D eigenvalue weighted by atomic mass is 9.81. The van der Waals surface area contributed by atoms with Crippen LogP contribution in [0.25, 0.3) is 0 Å². The summed E-state index contributed by atoms with van der Waals surface area (Å²) in [5.41, 5.74) is 0.507. The summed E-state index contributed by atoms with van der Waals surface area (Å²) in [5, 5.41) is 0. The normalized spacial score (nSPS) is 29.6. The van der Waals surface area contributed by atoms with Crippen LogP contribution in [0.4, 0.5) is 0 Å². The van der Waals surface area contributed by atoms with E-state index in [1.165, 1.54) is 6.42 Å². The van der Waals surface area contributed by atoms with E-state index in [0.29, 0.717) is 12.6 Å². The van der Waals surface area contributed by atoms with E-state index in [1.807, 2.05) is 12.1 Å². The molecule has 2 aliphatic rings. The molecule has 0 saturated carbocycles. The molecule has 3 rings (SSSR count). The molecular formula is C16H22N2O2. The van der Waals surface area contributed by atoms with E-state index in [0.717, 1.165) is 37.8 Å². The second kappa shape index (κ2) is 5.62. The van der Waals surface area contributed by atoms with E-state index in [2.05, 4.69) is 9.88 Å². The number of ketones is 1. The molecule has 4 nitrogen and oxygen atoms in total. The Morgan fingerprint density at radius 3 is 2.95 bits per heavy atom. The molecule has 0 amide bonds. The fourth-order valence-electron chi connectivity index (χ4n) is 3.97. The molecule has 0 spiro atoms. The third-order valence-electron chi connectivity index (χ3n) is 4.91. The molecule has 2 unspecified atom stereocenters. The topological polar surface area (TPSA) is 42.4 Å². The monoisotopic (exact) mass is 274 g/mol. The lowest BCUT2D eigenvalue weighted by Gasteiger charge is -2.43. The molecule has 3 heterocycles. The summed E-state index contributed by atoms with van der Waals surface area (Å²) in [6, 6.07) is 4.24. The number of carbonyl (C=O) groups excluding carboxylic acids is 1. The summed E-state index contributed by atoms with van der Waals surface area (Å²) in [7, 11) is 1.73. The average Bonchev–Trinajstić information content (AvgIpc) is 2.70. The summed E-state index contributed by atoms with van der Waals surface area (Å²) in [6.07, 6.45) is 8.90. The fraction of sp³-hybridized carbons (Fsp3) is 0.625. The molecule has 2 saturated heterocycles. The standard InChI is InChI=1S/C16H22N2O2/c1-20-12-11-18-14-3-2-7-16(18,8-4-14)15(19)13-5-9-17-10-6-13/h5-6,9-10,14H,2-4,7-8,11-12H2,1H3. The second-order valence-corrected chi connectivity index (χ2v) is 5.87. The minimum atomic E-state index is -0.289. The van der Waals surface area contributed by atoms with Crippen LogP contribution >= 0.6 is 0 Å². The van der Waals surface area contributed by atoms with Crippen molar-refractivity contribution < 1.29 is 9.53 Å². The van der Waals surface area contributed by atoms with Crippen molar-refractivity contribution in [2.75, 3.05) is 20.3 Å². The molecule has 4 heteroatoms. The average molecular weight is 274 g/mol. The molecule has 0 aliphatic carbocycles. The summed E-state index contributed by atoms with van der Waals surface area (Å²) in [4.78, 5) is 19.5. The molecular weight excluding hydrogens is 252 g/mol. The largest absolute Gasteiger partial charge is 0.383 e. The number of methoxy groups -OCH3 is 1. The van der Waals surface area contributed by atoms with Gasteiger partial charge in [-0.2, -0.15) is 0 Å². The Morgan fingerprint density at radius 2 is 2.20 bits per heavy atom. The summed E-state index contributed by atoms with van der Waals surface area (Å²) < 4.78 is 5.24. The van der Waals surface area contributed by atoms with Crippen LogP contribution in [-0.2, 0) is 4.74 Å². The second-order valence-electron chi connectivity index (χ2n) is 5.87. The lowest BCUT2D eigenvalue weighted by Crippen LogP contribution is -2.56. The van der Waals surface area contributed by atoms with Gasteiger partial charge in [0.1, 0.15) is 0 Å². The van der Waals surface area contributed by atoms with Crippen LogP contribution in [0.2, 0.25) is 0 Å². The van der Waals surface area contributed by atoms with Gasteiger partial charge in [0.2, 0.25) is 0 Å². The van der Waals surface area contributed by atoms with E-state index in [4.69, 9.17) is 4.74 Å². The van der Waals surface area contributed by atoms with Gasteiger partial charge in [0.15, 0.2) is 5.78 Å². The van der Waals surface area contributed by atoms with Gasteiger partial charge in [-0.05, 0) is 44.2 Å². The maximum atomic E-state index is 13.0. The number of carbonyl (C=O) groups is 1. The molecule has 2 atom stereocenters. The highest BCUT2D eigenvalue weighted by molar-refractivity contribution is 6.03. The molecule has 2 bridgehead atoms. The zero-order valence-corrected chi connectivity index (χ0v) is 12.0. The Kier molecular flexibility index (Phi) is 3.85. The number of pyridine rings is 1. The summed E-state index contributed by atoms with van der Waals surface area (Å²) >= 11 is 0. The Balaban J connectivity index is 1.89. The highest BCUT2D eigenvalue weighted by Crippen LogP contribution is 2.45. The number of ether oxygens (including phenoxy) is 1. The van der Waals surface area contributed by atoms with Gasteiger partial charge in [0, 0.05) is 37.7 Å². The third-order valence-corrected chi connectivity index (χ3v) is 4.91. The third kappa shape index (κ3) is 2.17. The van der Waals surface area contributed by atoms with Crippen LogP contribution < -0.4 is 0 Å². The zero-order valence-electron chi connectivity index (χ0n) is 12.0. The number of rotatable bonds is 5. The van der Waals surface area contributed by atoms with Crippen LogP contribution in [0.5, 0.6) is 0 Å². The quantitative estimate of drug-likeness (QED) is 0.773. The smallest absolute Gasteiger partial charge is 0.183 e. The SMILES string of the molecule is COCCN1C2CCCC1(C(=O)c1ccncc1)CC2. The van der Waals surface area contributed by atoms with Gasteiger partial charge >= 0.3 is 0 Å². The molecule has 20 heavy (non-hydrogen) atoms. The first-order valence-electron chi connectivity index (χ1n) is 7.48. The summed E-state index contributed by atoms with van der Waals surface area (Å²) in [6.45, 7) is 1.56. The number of Topliss-reactive ketones (excluding diaryl/α,β-unsaturated/α-hetero) is 1. The number of hydrogen-bond acceptors (Lipinski definition) is 4. The van der Waals surface area contributed by atoms with E-state index < -0.39 is 0 Å². The van der Waals surface area contributed by atoms with Gasteiger partial charge in [0.25, 0.3) is 0 Å². The van der Waals surface area contributed by atoms with E-state index in [9.17, 15) is 4.79 Å². The molecule has 1 aromatic rings. The van der Waals surface area contributed by atoms with Crippen LogP contribution in [-0.4, -0.2) is 47.5 Å². The van der Waals surface area contributed by atoms with Crippen LogP contribution in [0.3, 0.4) is 0 Å². The Morgan fingerprint density at radius 1 is 1.40 bits per heavy atom. The molecule has 108 valence electrons. The number of fused-ring (bicyclic) bond motifs is 2. The van der Waals surface area contributed by atoms with Gasteiger partial charge in [-0.3, -0.25) is 14.7 Å². The summed E-state index contributed by atoms with van der Waals surface area (Å²) in [5.74, 6) is 0.276. The van der Waals surface area contributed by atoms with Gasteiger partial charge in [-0.1, -0.05) is 0 Å². The zero-order chi connectivity index (χ0) is 14.0. The first-order valence-corrected chi connectivity index (χ1v) is 7.48. The number of nitrogens with zero attached hydrogens (tertiary/aromatic N) is 2. The molecule has 0 radical (unpaired) electrons. The lowest BCUT2D eigenvalue weighted by molar-refractivity contribution is 0.0268. The van der Waals surface area contributed by atoms with Crippen molar-refractivity contribution in [1.29, 1.82) is 0 Å². The first-order chi connectivity index (χ1) is 9.78. The maximum absolute atomic E-state index is 13.0. The van der Waals surface area contributed by atoms with Gasteiger partial charge < -0.3 is 4.74 Å². The van der Waals surface area contributed by atoms with Crippen molar-refractivity contribution in [3.05, 3.63) is 30.1 Å². The van der Waals surface area contributed by atoms with Crippen molar-refractivity contribution in [2.24, 2.45) is 0 Å². The molecule has 0 aromatic carbocycles. The highest BCUT2D eigenvalue weighted by atomic mass is 16.5. The van der Waals surface area contributed by atoms with Crippen LogP contribution in [0.15, 0.2) is 24.5 Å². The van der Waals surface area contributed by atoms with Crippen molar-refractivity contribution in [2.45, 2.75) is 43.7 Å². The minimum absolute atomic E-state index is 0.276.